The van der Waals surface area contributed by atoms with Crippen LogP contribution in [-0.2, 0) is 25.5 Å². The van der Waals surface area contributed by atoms with E-state index in [9.17, 15) is 19.5 Å². The molecule has 0 saturated heterocycles. The van der Waals surface area contributed by atoms with Gasteiger partial charge in [0.05, 0.1) is 6.10 Å². The molecule has 7 nitrogen and oxygen atoms in total. The Morgan fingerprint density at radius 1 is 1.16 bits per heavy atom. The van der Waals surface area contributed by atoms with Crippen molar-refractivity contribution in [1.82, 2.24) is 5.32 Å². The van der Waals surface area contributed by atoms with E-state index < -0.39 is 18.0 Å². The molecule has 7 heteroatoms. The molecule has 2 unspecified atom stereocenters. The maximum atomic E-state index is 12.1. The minimum absolute atomic E-state index is 0.0183. The summed E-state index contributed by atoms with van der Waals surface area (Å²) < 4.78 is 5.20. The van der Waals surface area contributed by atoms with E-state index in [1.54, 1.807) is 19.1 Å². The zero-order valence-electron chi connectivity index (χ0n) is 14.5. The monoisotopic (exact) mass is 351 g/mol. The van der Waals surface area contributed by atoms with E-state index in [-0.39, 0.29) is 37.0 Å². The quantitative estimate of drug-likeness (QED) is 0.556. The lowest BCUT2D eigenvalue weighted by molar-refractivity contribution is -0.152. The number of carboxylic acid groups (broad SMARTS) is 1. The van der Waals surface area contributed by atoms with Crippen LogP contribution in [0.5, 0.6) is 5.75 Å². The number of phenols is 1. The lowest BCUT2D eigenvalue weighted by Crippen LogP contribution is -2.43. The van der Waals surface area contributed by atoms with Crippen LogP contribution in [0.1, 0.15) is 45.1 Å². The van der Waals surface area contributed by atoms with Crippen LogP contribution in [0.4, 0.5) is 0 Å². The number of hydrogen-bond acceptors (Lipinski definition) is 5. The van der Waals surface area contributed by atoms with Gasteiger partial charge in [0.25, 0.3) is 0 Å². The van der Waals surface area contributed by atoms with Crippen molar-refractivity contribution in [2.75, 3.05) is 0 Å². The molecule has 138 valence electrons. The zero-order chi connectivity index (χ0) is 18.8. The third-order valence-corrected chi connectivity index (χ3v) is 3.74. The Hall–Kier alpha value is -2.57. The number of rotatable bonds is 10. The normalized spacial score (nSPS) is 12.9. The fourth-order valence-electron chi connectivity index (χ4n) is 2.07. The van der Waals surface area contributed by atoms with Crippen molar-refractivity contribution in [3.05, 3.63) is 29.8 Å². The van der Waals surface area contributed by atoms with Crippen LogP contribution < -0.4 is 5.32 Å². The van der Waals surface area contributed by atoms with Gasteiger partial charge in [-0.05, 0) is 43.9 Å². The molecule has 0 aliphatic rings. The number of amides is 1. The van der Waals surface area contributed by atoms with E-state index in [0.29, 0.717) is 12.8 Å². The Morgan fingerprint density at radius 2 is 1.80 bits per heavy atom. The molecule has 0 aliphatic heterocycles. The van der Waals surface area contributed by atoms with Crippen LogP contribution in [0, 0.1) is 0 Å². The molecule has 1 aromatic rings. The molecule has 0 heterocycles. The molecule has 3 N–H and O–H groups in total. The van der Waals surface area contributed by atoms with Crippen molar-refractivity contribution in [2.45, 2.75) is 58.1 Å². The van der Waals surface area contributed by atoms with Crippen LogP contribution in [0.15, 0.2) is 24.3 Å². The highest BCUT2D eigenvalue weighted by Crippen LogP contribution is 2.11. The van der Waals surface area contributed by atoms with E-state index in [4.69, 9.17) is 9.84 Å². The van der Waals surface area contributed by atoms with Crippen molar-refractivity contribution in [2.24, 2.45) is 0 Å². The summed E-state index contributed by atoms with van der Waals surface area (Å²) in [6.07, 6.45) is 0.664. The van der Waals surface area contributed by atoms with Gasteiger partial charge in [0.2, 0.25) is 5.91 Å². The summed E-state index contributed by atoms with van der Waals surface area (Å²) in [5, 5.41) is 20.6. The topological polar surface area (TPSA) is 113 Å². The summed E-state index contributed by atoms with van der Waals surface area (Å²) in [4.78, 5) is 34.9. The summed E-state index contributed by atoms with van der Waals surface area (Å²) in [5.74, 6) is -1.87. The Balaban J connectivity index is 2.58. The predicted octanol–water partition coefficient (Wildman–Crippen LogP) is 2.02. The van der Waals surface area contributed by atoms with Crippen molar-refractivity contribution in [3.63, 3.8) is 0 Å². The van der Waals surface area contributed by atoms with Gasteiger partial charge in [-0.3, -0.25) is 9.59 Å². The first-order chi connectivity index (χ1) is 11.8. The number of benzene rings is 1. The summed E-state index contributed by atoms with van der Waals surface area (Å²) in [5.41, 5.74) is 0.872. The number of carbonyl (C=O) groups is 3. The summed E-state index contributed by atoms with van der Waals surface area (Å²) in [7, 11) is 0. The van der Waals surface area contributed by atoms with Crippen molar-refractivity contribution >= 4 is 17.8 Å². The van der Waals surface area contributed by atoms with Crippen molar-refractivity contribution in [3.8, 4) is 5.75 Å². The Bertz CT molecular complexity index is 584. The van der Waals surface area contributed by atoms with E-state index >= 15 is 0 Å². The molecule has 25 heavy (non-hydrogen) atoms. The van der Waals surface area contributed by atoms with Gasteiger partial charge in [-0.2, -0.15) is 0 Å². The predicted molar refractivity (Wildman–Crippen MR) is 91.1 cm³/mol. The van der Waals surface area contributed by atoms with E-state index in [2.05, 4.69) is 5.32 Å². The van der Waals surface area contributed by atoms with Gasteiger partial charge in [0.1, 0.15) is 11.8 Å². The number of nitrogens with one attached hydrogen (secondary N) is 1. The Kier molecular flexibility index (Phi) is 8.46. The van der Waals surface area contributed by atoms with Gasteiger partial charge < -0.3 is 20.3 Å². The molecule has 0 aliphatic carbocycles. The molecule has 0 bridgehead atoms. The highest BCUT2D eigenvalue weighted by Gasteiger charge is 2.24. The van der Waals surface area contributed by atoms with Crippen molar-refractivity contribution in [1.29, 1.82) is 0 Å². The number of aryl methyl sites for hydroxylation is 1. The Labute approximate surface area is 147 Å². The smallest absolute Gasteiger partial charge is 0.328 e. The first-order valence-electron chi connectivity index (χ1n) is 8.31. The lowest BCUT2D eigenvalue weighted by atomic mass is 10.1. The third-order valence-electron chi connectivity index (χ3n) is 3.74. The maximum absolute atomic E-state index is 12.1. The zero-order valence-corrected chi connectivity index (χ0v) is 14.5. The van der Waals surface area contributed by atoms with Gasteiger partial charge in [0, 0.05) is 12.8 Å². The average Bonchev–Trinajstić information content (AvgIpc) is 2.57. The second-order valence-electron chi connectivity index (χ2n) is 5.87. The number of phenolic OH excluding ortho intramolecular Hbond substituents is 1. The third kappa shape index (κ3) is 8.19. The molecule has 2 atom stereocenters. The number of carbonyl (C=O) groups excluding carboxylic acids is 2. The van der Waals surface area contributed by atoms with Gasteiger partial charge in [-0.1, -0.05) is 19.1 Å². The molecule has 0 aromatic heterocycles. The standard InChI is InChI=1S/C18H25NO6/c1-3-12(2)25-18(24)15(9-11-17(22)23)19-16(21)10-6-13-4-7-14(20)8-5-13/h4-5,7-8,12,15,20H,3,6,9-11H2,1-2H3,(H,19,21)(H,22,23). The number of aromatic hydroxyl groups is 1. The molecule has 0 radical (unpaired) electrons. The molecular weight excluding hydrogens is 326 g/mol. The van der Waals surface area contributed by atoms with E-state index in [1.807, 2.05) is 6.92 Å². The second-order valence-corrected chi connectivity index (χ2v) is 5.87. The number of aliphatic carboxylic acids is 1. The summed E-state index contributed by atoms with van der Waals surface area (Å²) >= 11 is 0. The molecule has 1 aromatic carbocycles. The first-order valence-corrected chi connectivity index (χ1v) is 8.31. The van der Waals surface area contributed by atoms with Crippen LogP contribution in [0.2, 0.25) is 0 Å². The van der Waals surface area contributed by atoms with Crippen LogP contribution in [0.25, 0.3) is 0 Å². The number of ether oxygens (including phenoxy) is 1. The van der Waals surface area contributed by atoms with Gasteiger partial charge >= 0.3 is 11.9 Å². The number of carboxylic acids is 1. The number of hydrogen-bond donors (Lipinski definition) is 3. The first kappa shape index (κ1) is 20.5. The Morgan fingerprint density at radius 3 is 2.36 bits per heavy atom. The summed E-state index contributed by atoms with van der Waals surface area (Å²) in [6.45, 7) is 3.60. The largest absolute Gasteiger partial charge is 0.508 e. The summed E-state index contributed by atoms with van der Waals surface area (Å²) in [6, 6.07) is 5.51. The van der Waals surface area contributed by atoms with Crippen molar-refractivity contribution < 1.29 is 29.3 Å². The SMILES string of the molecule is CCC(C)OC(=O)C(CCC(=O)O)NC(=O)CCc1ccc(O)cc1. The minimum atomic E-state index is -1.04. The highest BCUT2D eigenvalue weighted by molar-refractivity contribution is 5.85. The highest BCUT2D eigenvalue weighted by atomic mass is 16.5. The second kappa shape index (κ2) is 10.3. The van der Waals surface area contributed by atoms with Crippen LogP contribution >= 0.6 is 0 Å². The lowest BCUT2D eigenvalue weighted by Gasteiger charge is -2.19. The number of esters is 1. The van der Waals surface area contributed by atoms with Gasteiger partial charge in [-0.25, -0.2) is 4.79 Å². The molecule has 0 spiro atoms. The average molecular weight is 351 g/mol. The molecule has 1 amide bonds. The van der Waals surface area contributed by atoms with E-state index in [1.165, 1.54) is 12.1 Å². The molecule has 0 fully saturated rings. The molecule has 1 rings (SSSR count). The fraction of sp³-hybridized carbons (Fsp3) is 0.500. The maximum Gasteiger partial charge on any atom is 0.328 e. The van der Waals surface area contributed by atoms with Crippen LogP contribution in [0.3, 0.4) is 0 Å². The molecular formula is C18H25NO6. The fourth-order valence-corrected chi connectivity index (χ4v) is 2.07. The van der Waals surface area contributed by atoms with Gasteiger partial charge in [-0.15, -0.1) is 0 Å². The molecule has 0 saturated carbocycles. The van der Waals surface area contributed by atoms with Gasteiger partial charge in [0.15, 0.2) is 0 Å². The van der Waals surface area contributed by atoms with E-state index in [0.717, 1.165) is 5.56 Å². The van der Waals surface area contributed by atoms with Crippen LogP contribution in [-0.4, -0.2) is 40.2 Å². The minimum Gasteiger partial charge on any atom is -0.508 e.